The number of aryl methyl sites for hydroxylation is 1. The fourth-order valence-electron chi connectivity index (χ4n) is 3.75. The second kappa shape index (κ2) is 8.26. The Morgan fingerprint density at radius 2 is 1.96 bits per heavy atom. The number of carbonyl (C=O) groups excluding carboxylic acids is 1. The topological polar surface area (TPSA) is 29.5 Å². The summed E-state index contributed by atoms with van der Waals surface area (Å²) >= 11 is 1.73. The van der Waals surface area contributed by atoms with Gasteiger partial charge < -0.3 is 9.64 Å². The molecule has 0 N–H and O–H groups in total. The SMILES string of the molecule is O=C(CCc1cccc(OC2CCCC2)c1)N(Cc1cccs1)C1CC1. The Bertz CT molecular complexity index is 718. The predicted molar refractivity (Wildman–Crippen MR) is 106 cm³/mol. The van der Waals surface area contributed by atoms with Crippen LogP contribution in [0.3, 0.4) is 0 Å². The third-order valence-corrected chi connectivity index (χ3v) is 6.21. The van der Waals surface area contributed by atoms with Gasteiger partial charge in [-0.05, 0) is 74.1 Å². The molecule has 2 saturated carbocycles. The van der Waals surface area contributed by atoms with Crippen LogP contribution in [0, 0.1) is 0 Å². The van der Waals surface area contributed by atoms with Gasteiger partial charge in [0, 0.05) is 17.3 Å². The zero-order valence-corrected chi connectivity index (χ0v) is 16.0. The van der Waals surface area contributed by atoms with E-state index in [2.05, 4.69) is 40.6 Å². The van der Waals surface area contributed by atoms with Crippen LogP contribution in [0.15, 0.2) is 41.8 Å². The fourth-order valence-corrected chi connectivity index (χ4v) is 4.45. The summed E-state index contributed by atoms with van der Waals surface area (Å²) in [6.07, 6.45) is 8.94. The van der Waals surface area contributed by atoms with Gasteiger partial charge in [0.1, 0.15) is 5.75 Å². The van der Waals surface area contributed by atoms with Gasteiger partial charge in [-0.15, -0.1) is 11.3 Å². The van der Waals surface area contributed by atoms with E-state index in [0.717, 1.165) is 31.6 Å². The number of thiophene rings is 1. The Hall–Kier alpha value is -1.81. The maximum Gasteiger partial charge on any atom is 0.223 e. The molecule has 1 aromatic heterocycles. The van der Waals surface area contributed by atoms with Gasteiger partial charge in [-0.3, -0.25) is 4.79 Å². The normalized spacial score (nSPS) is 17.4. The second-order valence-electron chi connectivity index (χ2n) is 7.50. The van der Waals surface area contributed by atoms with Gasteiger partial charge in [0.05, 0.1) is 12.6 Å². The molecule has 2 aromatic rings. The van der Waals surface area contributed by atoms with Crippen LogP contribution < -0.4 is 4.74 Å². The van der Waals surface area contributed by atoms with Crippen molar-refractivity contribution >= 4 is 17.2 Å². The fraction of sp³-hybridized carbons (Fsp3) is 0.500. The molecule has 4 rings (SSSR count). The summed E-state index contributed by atoms with van der Waals surface area (Å²) < 4.78 is 6.09. The first-order chi connectivity index (χ1) is 12.8. The highest BCUT2D eigenvalue weighted by atomic mass is 32.1. The molecule has 2 aliphatic carbocycles. The minimum atomic E-state index is 0.281. The van der Waals surface area contributed by atoms with Gasteiger partial charge in [0.2, 0.25) is 5.91 Å². The zero-order valence-electron chi connectivity index (χ0n) is 15.2. The van der Waals surface area contributed by atoms with Crippen molar-refractivity contribution in [1.82, 2.24) is 4.90 Å². The third-order valence-electron chi connectivity index (χ3n) is 5.35. The molecule has 0 bridgehead atoms. The molecule has 1 heterocycles. The van der Waals surface area contributed by atoms with Crippen LogP contribution in [-0.2, 0) is 17.8 Å². The lowest BCUT2D eigenvalue weighted by Crippen LogP contribution is -2.32. The molecule has 2 aliphatic rings. The summed E-state index contributed by atoms with van der Waals surface area (Å²) in [5, 5.41) is 2.08. The van der Waals surface area contributed by atoms with Gasteiger partial charge in [0.25, 0.3) is 0 Å². The molecule has 3 nitrogen and oxygen atoms in total. The summed E-state index contributed by atoms with van der Waals surface area (Å²) in [6.45, 7) is 0.770. The second-order valence-corrected chi connectivity index (χ2v) is 8.54. The number of benzene rings is 1. The van der Waals surface area contributed by atoms with Gasteiger partial charge in [-0.25, -0.2) is 0 Å². The largest absolute Gasteiger partial charge is 0.490 e. The van der Waals surface area contributed by atoms with E-state index in [4.69, 9.17) is 4.74 Å². The van der Waals surface area contributed by atoms with Crippen molar-refractivity contribution < 1.29 is 9.53 Å². The Balaban J connectivity index is 1.32. The number of hydrogen-bond acceptors (Lipinski definition) is 3. The summed E-state index contributed by atoms with van der Waals surface area (Å²) in [5.41, 5.74) is 1.20. The molecule has 138 valence electrons. The van der Waals surface area contributed by atoms with Crippen LogP contribution in [0.2, 0.25) is 0 Å². The molecule has 2 fully saturated rings. The summed E-state index contributed by atoms with van der Waals surface area (Å²) in [7, 11) is 0. The monoisotopic (exact) mass is 369 g/mol. The first-order valence-corrected chi connectivity index (χ1v) is 10.7. The molecule has 26 heavy (non-hydrogen) atoms. The highest BCUT2D eigenvalue weighted by Gasteiger charge is 2.32. The Morgan fingerprint density at radius 1 is 1.12 bits per heavy atom. The van der Waals surface area contributed by atoms with Crippen LogP contribution in [0.5, 0.6) is 5.75 Å². The van der Waals surface area contributed by atoms with E-state index in [-0.39, 0.29) is 5.91 Å². The van der Waals surface area contributed by atoms with Crippen LogP contribution >= 0.6 is 11.3 Å². The summed E-state index contributed by atoms with van der Waals surface area (Å²) in [4.78, 5) is 16.2. The summed E-state index contributed by atoms with van der Waals surface area (Å²) in [5.74, 6) is 1.24. The van der Waals surface area contributed by atoms with E-state index in [1.165, 1.54) is 36.1 Å². The lowest BCUT2D eigenvalue weighted by atomic mass is 10.1. The van der Waals surface area contributed by atoms with Crippen LogP contribution in [-0.4, -0.2) is 23.0 Å². The number of rotatable bonds is 8. The molecular formula is C22H27NO2S. The minimum absolute atomic E-state index is 0.281. The van der Waals surface area contributed by atoms with Crippen LogP contribution in [0.25, 0.3) is 0 Å². The van der Waals surface area contributed by atoms with Crippen molar-refractivity contribution in [1.29, 1.82) is 0 Å². The minimum Gasteiger partial charge on any atom is -0.490 e. The maximum atomic E-state index is 12.8. The highest BCUT2D eigenvalue weighted by molar-refractivity contribution is 7.09. The molecule has 0 saturated heterocycles. The van der Waals surface area contributed by atoms with Gasteiger partial charge >= 0.3 is 0 Å². The van der Waals surface area contributed by atoms with Gasteiger partial charge in [-0.1, -0.05) is 18.2 Å². The summed E-state index contributed by atoms with van der Waals surface area (Å²) in [6, 6.07) is 13.0. The number of carbonyl (C=O) groups is 1. The highest BCUT2D eigenvalue weighted by Crippen LogP contribution is 2.30. The number of nitrogens with zero attached hydrogens (tertiary/aromatic N) is 1. The van der Waals surface area contributed by atoms with Crippen molar-refractivity contribution in [2.45, 2.75) is 70.1 Å². The molecule has 0 atom stereocenters. The molecule has 0 aliphatic heterocycles. The molecule has 1 aromatic carbocycles. The van der Waals surface area contributed by atoms with Gasteiger partial charge in [0.15, 0.2) is 0 Å². The average Bonchev–Trinajstić information content (AvgIpc) is 3.12. The molecule has 0 unspecified atom stereocenters. The number of amides is 1. The molecular weight excluding hydrogens is 342 g/mol. The van der Waals surface area contributed by atoms with Crippen molar-refractivity contribution in [3.8, 4) is 5.75 Å². The molecule has 0 spiro atoms. The van der Waals surface area contributed by atoms with E-state index in [9.17, 15) is 4.79 Å². The van der Waals surface area contributed by atoms with Crippen LogP contribution in [0.1, 0.15) is 55.4 Å². The number of hydrogen-bond donors (Lipinski definition) is 0. The number of ether oxygens (including phenoxy) is 1. The van der Waals surface area contributed by atoms with Gasteiger partial charge in [-0.2, -0.15) is 0 Å². The first kappa shape index (κ1) is 17.6. The lowest BCUT2D eigenvalue weighted by Gasteiger charge is -2.22. The Morgan fingerprint density at radius 3 is 2.69 bits per heavy atom. The van der Waals surface area contributed by atoms with E-state index in [1.807, 2.05) is 6.07 Å². The lowest BCUT2D eigenvalue weighted by molar-refractivity contribution is -0.132. The van der Waals surface area contributed by atoms with Crippen LogP contribution in [0.4, 0.5) is 0 Å². The standard InChI is InChI=1S/C22H27NO2S/c24-22(23(18-11-12-18)16-21-9-4-14-26-21)13-10-17-5-3-8-20(15-17)25-19-6-1-2-7-19/h3-5,8-9,14-15,18-19H,1-2,6-7,10-13,16H2. The smallest absolute Gasteiger partial charge is 0.223 e. The first-order valence-electron chi connectivity index (χ1n) is 9.85. The zero-order chi connectivity index (χ0) is 17.8. The average molecular weight is 370 g/mol. The van der Waals surface area contributed by atoms with E-state index in [0.29, 0.717) is 18.6 Å². The molecule has 4 heteroatoms. The van der Waals surface area contributed by atoms with Crippen molar-refractivity contribution in [2.24, 2.45) is 0 Å². The predicted octanol–water partition coefficient (Wildman–Crippen LogP) is 5.19. The molecule has 0 radical (unpaired) electrons. The third kappa shape index (κ3) is 4.67. The van der Waals surface area contributed by atoms with E-state index >= 15 is 0 Å². The van der Waals surface area contributed by atoms with Crippen molar-refractivity contribution in [3.63, 3.8) is 0 Å². The maximum absolute atomic E-state index is 12.8. The Kier molecular flexibility index (Phi) is 5.59. The van der Waals surface area contributed by atoms with Crippen molar-refractivity contribution in [2.75, 3.05) is 0 Å². The van der Waals surface area contributed by atoms with E-state index < -0.39 is 0 Å². The van der Waals surface area contributed by atoms with E-state index in [1.54, 1.807) is 11.3 Å². The molecule has 1 amide bonds. The van der Waals surface area contributed by atoms with Crippen molar-refractivity contribution in [3.05, 3.63) is 52.2 Å². The Labute approximate surface area is 160 Å². The quantitative estimate of drug-likeness (QED) is 0.640.